The molecule has 112 valence electrons. The summed E-state index contributed by atoms with van der Waals surface area (Å²) in [5, 5.41) is 0. The third-order valence-electron chi connectivity index (χ3n) is 2.86. The lowest BCUT2D eigenvalue weighted by atomic mass is 9.79. The Balaban J connectivity index is 3.92. The molecule has 0 atom stereocenters. The number of nitrogen functional groups attached to an aromatic ring is 1. The molecule has 0 heterocycles. The van der Waals surface area contributed by atoms with Crippen LogP contribution < -0.4 is 10.5 Å². The average molecular weight is 285 g/mol. The highest BCUT2D eigenvalue weighted by Crippen LogP contribution is 2.39. The molecule has 0 aliphatic heterocycles. The van der Waals surface area contributed by atoms with E-state index in [2.05, 4.69) is 4.74 Å². The molecular formula is C16H25NO3. The van der Waals surface area contributed by atoms with Crippen LogP contribution in [-0.4, -0.2) is 13.3 Å². The SMILES string of the molecule is [2H]C([2H])([2H])C(C)(c1cc(C(C)(C)C)c(N)cc1OC(=O)OC)C([2H])([2H])[2H]. The first-order valence-corrected chi connectivity index (χ1v) is 6.17. The molecule has 0 saturated heterocycles. The number of ether oxygens (including phenoxy) is 2. The number of hydrogen-bond acceptors (Lipinski definition) is 4. The number of anilines is 1. The Labute approximate surface area is 129 Å². The Kier molecular flexibility index (Phi) is 2.48. The highest BCUT2D eigenvalue weighted by molar-refractivity contribution is 5.67. The molecule has 2 N–H and O–H groups in total. The zero-order chi connectivity index (χ0) is 20.7. The average Bonchev–Trinajstić information content (AvgIpc) is 2.42. The van der Waals surface area contributed by atoms with Gasteiger partial charge < -0.3 is 15.2 Å². The Morgan fingerprint density at radius 1 is 1.15 bits per heavy atom. The molecular weight excluding hydrogens is 254 g/mol. The standard InChI is InChI=1S/C16H25NO3/c1-15(2,3)10-8-11(16(4,5)6)13(9-12(10)17)20-14(18)19-7/h8-9H,17H2,1-7H3/i4D3,5D3. The van der Waals surface area contributed by atoms with Crippen LogP contribution >= 0.6 is 0 Å². The van der Waals surface area contributed by atoms with E-state index in [-0.39, 0.29) is 17.0 Å². The normalized spacial score (nSPS) is 17.9. The van der Waals surface area contributed by atoms with Crippen molar-refractivity contribution in [3.05, 3.63) is 23.3 Å². The lowest BCUT2D eigenvalue weighted by molar-refractivity contribution is 0.120. The molecule has 0 spiro atoms. The van der Waals surface area contributed by atoms with E-state index in [1.165, 1.54) is 12.1 Å². The monoisotopic (exact) mass is 285 g/mol. The van der Waals surface area contributed by atoms with Gasteiger partial charge in [-0.2, -0.15) is 0 Å². The van der Waals surface area contributed by atoms with E-state index in [9.17, 15) is 4.79 Å². The summed E-state index contributed by atoms with van der Waals surface area (Å²) >= 11 is 0. The third kappa shape index (κ3) is 3.65. The van der Waals surface area contributed by atoms with Crippen LogP contribution in [0, 0.1) is 0 Å². The highest BCUT2D eigenvalue weighted by atomic mass is 16.7. The predicted molar refractivity (Wildman–Crippen MR) is 81.3 cm³/mol. The van der Waals surface area contributed by atoms with Gasteiger partial charge in [0.05, 0.1) is 7.11 Å². The first-order valence-electron chi connectivity index (χ1n) is 9.17. The number of rotatable bonds is 1. The molecule has 0 aromatic heterocycles. The van der Waals surface area contributed by atoms with Gasteiger partial charge >= 0.3 is 6.16 Å². The zero-order valence-electron chi connectivity index (χ0n) is 18.5. The molecule has 0 bridgehead atoms. The van der Waals surface area contributed by atoms with Gasteiger partial charge in [-0.15, -0.1) is 0 Å². The van der Waals surface area contributed by atoms with Gasteiger partial charge in [-0.3, -0.25) is 0 Å². The number of methoxy groups -OCH3 is 1. The Morgan fingerprint density at radius 2 is 1.75 bits per heavy atom. The second kappa shape index (κ2) is 5.35. The summed E-state index contributed by atoms with van der Waals surface area (Å²) in [6.07, 6.45) is -1.10. The molecule has 1 aromatic rings. The van der Waals surface area contributed by atoms with Crippen molar-refractivity contribution >= 4 is 11.8 Å². The minimum Gasteiger partial charge on any atom is -0.437 e. The van der Waals surface area contributed by atoms with E-state index in [1.807, 2.05) is 20.8 Å². The topological polar surface area (TPSA) is 61.5 Å². The van der Waals surface area contributed by atoms with Crippen molar-refractivity contribution in [3.8, 4) is 5.75 Å². The second-order valence-corrected chi connectivity index (χ2v) is 5.87. The van der Waals surface area contributed by atoms with Crippen molar-refractivity contribution in [2.75, 3.05) is 12.8 Å². The molecule has 0 unspecified atom stereocenters. The molecule has 4 nitrogen and oxygen atoms in total. The lowest BCUT2D eigenvalue weighted by Gasteiger charge is -2.28. The molecule has 0 fully saturated rings. The van der Waals surface area contributed by atoms with Crippen LogP contribution in [0.4, 0.5) is 10.5 Å². The maximum Gasteiger partial charge on any atom is 0.513 e. The summed E-state index contributed by atoms with van der Waals surface area (Å²) in [5.74, 6) is -0.253. The number of hydrogen-bond donors (Lipinski definition) is 1. The maximum atomic E-state index is 11.6. The van der Waals surface area contributed by atoms with Gasteiger partial charge in [-0.25, -0.2) is 4.79 Å². The van der Waals surface area contributed by atoms with Crippen molar-refractivity contribution in [1.29, 1.82) is 0 Å². The van der Waals surface area contributed by atoms with Crippen LogP contribution in [0.25, 0.3) is 0 Å². The second-order valence-electron chi connectivity index (χ2n) is 5.87. The van der Waals surface area contributed by atoms with E-state index in [0.717, 1.165) is 14.0 Å². The fourth-order valence-electron chi connectivity index (χ4n) is 1.85. The van der Waals surface area contributed by atoms with Crippen LogP contribution in [0.15, 0.2) is 12.1 Å². The van der Waals surface area contributed by atoms with Crippen molar-refractivity contribution in [2.45, 2.75) is 52.2 Å². The van der Waals surface area contributed by atoms with E-state index in [4.69, 9.17) is 18.7 Å². The zero-order valence-corrected chi connectivity index (χ0v) is 12.5. The van der Waals surface area contributed by atoms with E-state index < -0.39 is 30.7 Å². The fourth-order valence-corrected chi connectivity index (χ4v) is 1.85. The largest absolute Gasteiger partial charge is 0.513 e. The van der Waals surface area contributed by atoms with Crippen LogP contribution in [0.3, 0.4) is 0 Å². The van der Waals surface area contributed by atoms with Crippen LogP contribution in [0.1, 0.15) is 60.8 Å². The molecule has 0 radical (unpaired) electrons. The van der Waals surface area contributed by atoms with Gasteiger partial charge in [0.25, 0.3) is 0 Å². The summed E-state index contributed by atoms with van der Waals surface area (Å²) in [4.78, 5) is 11.6. The minimum atomic E-state index is -2.91. The van der Waals surface area contributed by atoms with E-state index in [1.54, 1.807) is 0 Å². The first kappa shape index (κ1) is 9.27. The number of carbonyl (C=O) groups excluding carboxylic acids is 1. The summed E-state index contributed by atoms with van der Waals surface area (Å²) in [7, 11) is 1.08. The fraction of sp³-hybridized carbons (Fsp3) is 0.562. The van der Waals surface area contributed by atoms with Gasteiger partial charge in [0.15, 0.2) is 0 Å². The van der Waals surface area contributed by atoms with Gasteiger partial charge in [-0.05, 0) is 22.5 Å². The van der Waals surface area contributed by atoms with Gasteiger partial charge in [-0.1, -0.05) is 41.4 Å². The van der Waals surface area contributed by atoms with E-state index in [0.29, 0.717) is 5.56 Å². The van der Waals surface area contributed by atoms with Gasteiger partial charge in [0.2, 0.25) is 0 Å². The quantitative estimate of drug-likeness (QED) is 0.481. The summed E-state index contributed by atoms with van der Waals surface area (Å²) in [6, 6.07) is 2.66. The summed E-state index contributed by atoms with van der Waals surface area (Å²) < 4.78 is 56.6. The Morgan fingerprint density at radius 3 is 2.20 bits per heavy atom. The Hall–Kier alpha value is -1.71. The first-order chi connectivity index (χ1) is 11.5. The van der Waals surface area contributed by atoms with Crippen molar-refractivity contribution < 1.29 is 22.5 Å². The van der Waals surface area contributed by atoms with Crippen LogP contribution in [0.2, 0.25) is 0 Å². The van der Waals surface area contributed by atoms with Crippen LogP contribution in [-0.2, 0) is 15.6 Å². The smallest absolute Gasteiger partial charge is 0.437 e. The molecule has 0 aliphatic rings. The van der Waals surface area contributed by atoms with Crippen molar-refractivity contribution in [2.24, 2.45) is 0 Å². The summed E-state index contributed by atoms with van der Waals surface area (Å²) in [5.41, 5.74) is 3.90. The number of carbonyl (C=O) groups is 1. The number of benzene rings is 1. The Bertz CT molecular complexity index is 675. The van der Waals surface area contributed by atoms with Crippen molar-refractivity contribution in [1.82, 2.24) is 0 Å². The number of nitrogens with two attached hydrogens (primary N) is 1. The molecule has 0 amide bonds. The molecule has 20 heavy (non-hydrogen) atoms. The lowest BCUT2D eigenvalue weighted by Crippen LogP contribution is -2.20. The maximum absolute atomic E-state index is 11.6. The molecule has 0 aliphatic carbocycles. The van der Waals surface area contributed by atoms with E-state index >= 15 is 0 Å². The molecule has 1 rings (SSSR count). The highest BCUT2D eigenvalue weighted by Gasteiger charge is 2.26. The van der Waals surface area contributed by atoms with Gasteiger partial charge in [0.1, 0.15) is 5.75 Å². The molecule has 4 heteroatoms. The summed E-state index contributed by atoms with van der Waals surface area (Å²) in [6.45, 7) is 0.854. The van der Waals surface area contributed by atoms with Crippen LogP contribution in [0.5, 0.6) is 5.75 Å². The van der Waals surface area contributed by atoms with Crippen molar-refractivity contribution in [3.63, 3.8) is 0 Å². The molecule has 0 saturated carbocycles. The molecule has 1 aromatic carbocycles. The predicted octanol–water partition coefficient (Wildman–Crippen LogP) is 4.01. The van der Waals surface area contributed by atoms with Gasteiger partial charge in [0, 0.05) is 25.5 Å². The third-order valence-corrected chi connectivity index (χ3v) is 2.86. The minimum absolute atomic E-state index is 0.151.